The van der Waals surface area contributed by atoms with Crippen LogP contribution in [0.2, 0.25) is 0 Å². The minimum absolute atomic E-state index is 0.312. The van der Waals surface area contributed by atoms with Gasteiger partial charge in [-0.05, 0) is 6.42 Å². The van der Waals surface area contributed by atoms with Crippen LogP contribution in [0, 0.1) is 0 Å². The molecular weight excluding hydrogens is 244 g/mol. The number of imidazole rings is 1. The average Bonchev–Trinajstić information content (AvgIpc) is 2.69. The van der Waals surface area contributed by atoms with E-state index in [4.69, 9.17) is 11.6 Å². The molecule has 0 aliphatic heterocycles. The summed E-state index contributed by atoms with van der Waals surface area (Å²) in [6.45, 7) is 0.329. The zero-order valence-electron chi connectivity index (χ0n) is 9.68. The summed E-state index contributed by atoms with van der Waals surface area (Å²) in [6, 6.07) is 0. The molecule has 2 aromatic rings. The summed E-state index contributed by atoms with van der Waals surface area (Å²) in [5.74, 6) is 0.416. The van der Waals surface area contributed by atoms with Crippen LogP contribution in [0.25, 0.3) is 11.2 Å². The van der Waals surface area contributed by atoms with E-state index in [0.29, 0.717) is 30.0 Å². The molecule has 0 aliphatic carbocycles. The Labute approximate surface area is 102 Å². The van der Waals surface area contributed by atoms with Crippen LogP contribution in [0.15, 0.2) is 15.9 Å². The molecule has 0 fully saturated rings. The number of fused-ring (bicyclic) bond motifs is 1. The fourth-order valence-electron chi connectivity index (χ4n) is 1.81. The Kier molecular flexibility index (Phi) is 3.06. The Hall–Kier alpha value is -1.56. The second-order valence-electron chi connectivity index (χ2n) is 3.87. The lowest BCUT2D eigenvalue weighted by atomic mass is 10.4. The Morgan fingerprint density at radius 3 is 2.71 bits per heavy atom. The topological polar surface area (TPSA) is 61.8 Å². The quantitative estimate of drug-likeness (QED) is 0.730. The van der Waals surface area contributed by atoms with Gasteiger partial charge in [0.25, 0.3) is 5.56 Å². The van der Waals surface area contributed by atoms with E-state index in [1.165, 1.54) is 15.5 Å². The van der Waals surface area contributed by atoms with E-state index in [2.05, 4.69) is 4.98 Å². The fraction of sp³-hybridized carbons (Fsp3) is 0.500. The van der Waals surface area contributed by atoms with Crippen molar-refractivity contribution in [1.29, 1.82) is 0 Å². The monoisotopic (exact) mass is 256 g/mol. The number of nitrogens with zero attached hydrogens (tertiary/aromatic N) is 4. The van der Waals surface area contributed by atoms with Crippen LogP contribution < -0.4 is 11.2 Å². The van der Waals surface area contributed by atoms with Crippen LogP contribution in [0.4, 0.5) is 0 Å². The van der Waals surface area contributed by atoms with E-state index < -0.39 is 0 Å². The second kappa shape index (κ2) is 4.37. The van der Waals surface area contributed by atoms with Crippen molar-refractivity contribution in [3.63, 3.8) is 0 Å². The average molecular weight is 257 g/mol. The highest BCUT2D eigenvalue weighted by Crippen LogP contribution is 2.03. The van der Waals surface area contributed by atoms with E-state index in [-0.39, 0.29) is 11.2 Å². The van der Waals surface area contributed by atoms with Crippen molar-refractivity contribution in [2.75, 3.05) is 5.88 Å². The highest BCUT2D eigenvalue weighted by atomic mass is 35.5. The smallest absolute Gasteiger partial charge is 0.328 e. The third-order valence-corrected chi connectivity index (χ3v) is 2.98. The van der Waals surface area contributed by atoms with Crippen molar-refractivity contribution >= 4 is 22.8 Å². The minimum Gasteiger partial charge on any atom is -0.328 e. The van der Waals surface area contributed by atoms with Gasteiger partial charge in [-0.15, -0.1) is 11.6 Å². The van der Waals surface area contributed by atoms with Crippen LogP contribution >= 0.6 is 11.6 Å². The summed E-state index contributed by atoms with van der Waals surface area (Å²) < 4.78 is 4.20. The summed E-state index contributed by atoms with van der Waals surface area (Å²) in [7, 11) is 3.33. The molecule has 2 rings (SSSR count). The van der Waals surface area contributed by atoms with Gasteiger partial charge in [-0.1, -0.05) is 0 Å². The summed E-state index contributed by atoms with van der Waals surface area (Å²) in [5.41, 5.74) is 0.172. The molecular formula is C10H13ClN4O2. The van der Waals surface area contributed by atoms with Crippen LogP contribution in [-0.2, 0) is 20.6 Å². The number of aromatic nitrogens is 4. The zero-order chi connectivity index (χ0) is 12.6. The van der Waals surface area contributed by atoms with Gasteiger partial charge in [-0.3, -0.25) is 13.9 Å². The van der Waals surface area contributed by atoms with Crippen LogP contribution in [-0.4, -0.2) is 24.6 Å². The molecule has 0 aromatic carbocycles. The first-order chi connectivity index (χ1) is 8.07. The van der Waals surface area contributed by atoms with Gasteiger partial charge in [0.2, 0.25) is 0 Å². The summed E-state index contributed by atoms with van der Waals surface area (Å²) in [5, 5.41) is 0. The fourth-order valence-corrected chi connectivity index (χ4v) is 1.93. The van der Waals surface area contributed by atoms with Crippen molar-refractivity contribution in [3.05, 3.63) is 27.2 Å². The standard InChI is InChI=1S/C10H13ClN4O2/c1-13-6-12-8-7(13)9(16)15(5-3-4-11)10(17)14(8)2/h6H,3-5H2,1-2H3. The van der Waals surface area contributed by atoms with Crippen molar-refractivity contribution in [1.82, 2.24) is 18.7 Å². The normalized spacial score (nSPS) is 11.2. The number of hydrogen-bond donors (Lipinski definition) is 0. The Balaban J connectivity index is 2.80. The first kappa shape index (κ1) is 11.9. The molecule has 2 aromatic heterocycles. The molecule has 0 atom stereocenters. The van der Waals surface area contributed by atoms with E-state index in [0.717, 1.165) is 0 Å². The summed E-state index contributed by atoms with van der Waals surface area (Å²) >= 11 is 5.58. The van der Waals surface area contributed by atoms with E-state index in [9.17, 15) is 9.59 Å². The van der Waals surface area contributed by atoms with Gasteiger partial charge in [0.1, 0.15) is 0 Å². The molecule has 0 bridgehead atoms. The SMILES string of the molecule is Cn1cnc2c1c(=O)n(CCCCl)c(=O)n2C. The van der Waals surface area contributed by atoms with Gasteiger partial charge >= 0.3 is 5.69 Å². The predicted molar refractivity (Wildman–Crippen MR) is 65.6 cm³/mol. The molecule has 7 heteroatoms. The molecule has 17 heavy (non-hydrogen) atoms. The predicted octanol–water partition coefficient (Wildman–Crippen LogP) is 0.0626. The lowest BCUT2D eigenvalue weighted by Gasteiger charge is -2.07. The maximum absolute atomic E-state index is 12.1. The number of hydrogen-bond acceptors (Lipinski definition) is 3. The maximum atomic E-state index is 12.1. The molecule has 6 nitrogen and oxygen atoms in total. The molecule has 92 valence electrons. The van der Waals surface area contributed by atoms with E-state index >= 15 is 0 Å². The molecule has 0 spiro atoms. The first-order valence-electron chi connectivity index (χ1n) is 5.24. The maximum Gasteiger partial charge on any atom is 0.332 e. The molecule has 2 heterocycles. The largest absolute Gasteiger partial charge is 0.332 e. The molecule has 0 N–H and O–H groups in total. The van der Waals surface area contributed by atoms with E-state index in [1.807, 2.05) is 0 Å². The highest BCUT2D eigenvalue weighted by molar-refractivity contribution is 6.17. The van der Waals surface area contributed by atoms with Gasteiger partial charge in [0.05, 0.1) is 6.33 Å². The summed E-state index contributed by atoms with van der Waals surface area (Å²) in [4.78, 5) is 28.1. The minimum atomic E-state index is -0.355. The lowest BCUT2D eigenvalue weighted by Crippen LogP contribution is -2.39. The van der Waals surface area contributed by atoms with Gasteiger partial charge < -0.3 is 4.57 Å². The molecule has 0 amide bonds. The third kappa shape index (κ3) is 1.78. The summed E-state index contributed by atoms with van der Waals surface area (Å²) in [6.07, 6.45) is 2.11. The Morgan fingerprint density at radius 1 is 1.35 bits per heavy atom. The number of alkyl halides is 1. The Morgan fingerprint density at radius 2 is 2.06 bits per heavy atom. The van der Waals surface area contributed by atoms with Crippen LogP contribution in [0.3, 0.4) is 0 Å². The Bertz CT molecular complexity index is 667. The zero-order valence-corrected chi connectivity index (χ0v) is 10.4. The number of halogens is 1. The lowest BCUT2D eigenvalue weighted by molar-refractivity contribution is 0.593. The second-order valence-corrected chi connectivity index (χ2v) is 4.25. The van der Waals surface area contributed by atoms with Gasteiger partial charge in [0.15, 0.2) is 11.2 Å². The first-order valence-corrected chi connectivity index (χ1v) is 5.78. The van der Waals surface area contributed by atoms with Crippen molar-refractivity contribution < 1.29 is 0 Å². The van der Waals surface area contributed by atoms with Crippen molar-refractivity contribution in [2.45, 2.75) is 13.0 Å². The molecule has 0 unspecified atom stereocenters. The molecule has 0 saturated carbocycles. The van der Waals surface area contributed by atoms with Gasteiger partial charge in [0, 0.05) is 26.5 Å². The van der Waals surface area contributed by atoms with Crippen molar-refractivity contribution in [3.8, 4) is 0 Å². The van der Waals surface area contributed by atoms with Crippen molar-refractivity contribution in [2.24, 2.45) is 14.1 Å². The van der Waals surface area contributed by atoms with Crippen LogP contribution in [0.5, 0.6) is 0 Å². The highest BCUT2D eigenvalue weighted by Gasteiger charge is 2.13. The van der Waals surface area contributed by atoms with Crippen LogP contribution in [0.1, 0.15) is 6.42 Å². The molecule has 0 saturated heterocycles. The van der Waals surface area contributed by atoms with Gasteiger partial charge in [-0.25, -0.2) is 9.78 Å². The van der Waals surface area contributed by atoms with E-state index in [1.54, 1.807) is 18.7 Å². The molecule has 0 aliphatic rings. The van der Waals surface area contributed by atoms with Gasteiger partial charge in [-0.2, -0.15) is 0 Å². The third-order valence-electron chi connectivity index (χ3n) is 2.72. The molecule has 0 radical (unpaired) electrons. The number of rotatable bonds is 3. The number of aryl methyl sites for hydroxylation is 2.